The third kappa shape index (κ3) is 7.41. The Kier molecular flexibility index (Phi) is 9.36. The molecule has 2 aromatic carbocycles. The van der Waals surface area contributed by atoms with Crippen molar-refractivity contribution >= 4 is 44.9 Å². The quantitative estimate of drug-likeness (QED) is 0.291. The molecule has 198 valence electrons. The molecule has 3 aromatic rings. The minimum Gasteiger partial charge on any atom is -0.340 e. The summed E-state index contributed by atoms with van der Waals surface area (Å²) in [5, 5.41) is 9.77. The second kappa shape index (κ2) is 12.7. The number of nitrogens with one attached hydrogen (secondary N) is 3. The predicted octanol–water partition coefficient (Wildman–Crippen LogP) is 4.99. The standard InChI is InChI=1S/C26H33FN6O2S2/c1-33(23-11-7-20(8-12-23)28-17-18-36-2)37(34,35)24-13-9-22(10-14-24)31-26-29-16-15-25(32-26)30-21-5-3-19(27)4-6-21/h3-6,9-10,13-16,20,23,28H,7-8,11-12,17-18H2,1-2H3,(H2,29,30,31,32). The van der Waals surface area contributed by atoms with Crippen LogP contribution in [0.2, 0.25) is 0 Å². The summed E-state index contributed by atoms with van der Waals surface area (Å²) < 4.78 is 41.2. The SMILES string of the molecule is CSCCNC1CCC(N(C)S(=O)(=O)c2ccc(Nc3nccc(Nc4ccc(F)cc4)n3)cc2)CC1. The van der Waals surface area contributed by atoms with Crippen molar-refractivity contribution in [3.63, 3.8) is 0 Å². The Bertz CT molecular complexity index is 1250. The minimum absolute atomic E-state index is 0.00569. The Labute approximate surface area is 222 Å². The van der Waals surface area contributed by atoms with Crippen LogP contribution < -0.4 is 16.0 Å². The molecule has 0 unspecified atom stereocenters. The van der Waals surface area contributed by atoms with Crippen LogP contribution in [0.15, 0.2) is 65.7 Å². The molecule has 0 saturated heterocycles. The molecule has 1 fully saturated rings. The van der Waals surface area contributed by atoms with E-state index in [1.165, 1.54) is 16.4 Å². The fourth-order valence-corrected chi connectivity index (χ4v) is 6.12. The average molecular weight is 545 g/mol. The zero-order chi connectivity index (χ0) is 26.3. The molecule has 1 aliphatic rings. The Balaban J connectivity index is 1.35. The highest BCUT2D eigenvalue weighted by molar-refractivity contribution is 7.98. The van der Waals surface area contributed by atoms with E-state index in [-0.39, 0.29) is 16.8 Å². The van der Waals surface area contributed by atoms with Gasteiger partial charge in [-0.15, -0.1) is 0 Å². The third-order valence-corrected chi connectivity index (χ3v) is 9.05. The largest absolute Gasteiger partial charge is 0.340 e. The van der Waals surface area contributed by atoms with Crippen molar-refractivity contribution in [2.24, 2.45) is 0 Å². The molecule has 0 spiro atoms. The van der Waals surface area contributed by atoms with Crippen LogP contribution in [0.5, 0.6) is 0 Å². The Morgan fingerprint density at radius 3 is 2.30 bits per heavy atom. The Morgan fingerprint density at radius 2 is 1.62 bits per heavy atom. The van der Waals surface area contributed by atoms with Gasteiger partial charge in [-0.1, -0.05) is 0 Å². The number of sulfonamides is 1. The van der Waals surface area contributed by atoms with Gasteiger partial charge < -0.3 is 16.0 Å². The number of anilines is 4. The highest BCUT2D eigenvalue weighted by Crippen LogP contribution is 2.28. The van der Waals surface area contributed by atoms with E-state index in [1.54, 1.807) is 55.7 Å². The van der Waals surface area contributed by atoms with E-state index in [4.69, 9.17) is 0 Å². The normalized spacial score (nSPS) is 18.1. The average Bonchev–Trinajstić information content (AvgIpc) is 2.91. The van der Waals surface area contributed by atoms with Gasteiger partial charge in [-0.05, 0) is 86.5 Å². The number of benzene rings is 2. The summed E-state index contributed by atoms with van der Waals surface area (Å²) in [5.74, 6) is 1.67. The highest BCUT2D eigenvalue weighted by atomic mass is 32.2. The van der Waals surface area contributed by atoms with Gasteiger partial charge in [0.25, 0.3) is 0 Å². The summed E-state index contributed by atoms with van der Waals surface area (Å²) in [6.45, 7) is 0.991. The summed E-state index contributed by atoms with van der Waals surface area (Å²) in [6.07, 6.45) is 7.37. The smallest absolute Gasteiger partial charge is 0.243 e. The molecule has 37 heavy (non-hydrogen) atoms. The van der Waals surface area contributed by atoms with Crippen LogP contribution in [0.3, 0.4) is 0 Å². The molecule has 0 radical (unpaired) electrons. The number of hydrogen-bond acceptors (Lipinski definition) is 8. The Hall–Kier alpha value is -2.73. The van der Waals surface area contributed by atoms with Crippen LogP contribution in [-0.2, 0) is 10.0 Å². The Morgan fingerprint density at radius 1 is 0.973 bits per heavy atom. The van der Waals surface area contributed by atoms with Gasteiger partial charge in [0.15, 0.2) is 0 Å². The van der Waals surface area contributed by atoms with E-state index in [2.05, 4.69) is 32.2 Å². The van der Waals surface area contributed by atoms with Crippen LogP contribution in [-0.4, -0.2) is 60.4 Å². The van der Waals surface area contributed by atoms with Gasteiger partial charge in [-0.3, -0.25) is 0 Å². The van der Waals surface area contributed by atoms with Crippen LogP contribution in [0.4, 0.5) is 27.5 Å². The zero-order valence-corrected chi connectivity index (χ0v) is 22.7. The lowest BCUT2D eigenvalue weighted by molar-refractivity contribution is 0.251. The van der Waals surface area contributed by atoms with E-state index < -0.39 is 10.0 Å². The molecule has 3 N–H and O–H groups in total. The maximum atomic E-state index is 13.3. The molecule has 4 rings (SSSR count). The molecule has 8 nitrogen and oxygen atoms in total. The van der Waals surface area contributed by atoms with Crippen molar-refractivity contribution in [1.82, 2.24) is 19.6 Å². The highest BCUT2D eigenvalue weighted by Gasteiger charge is 2.31. The number of aromatic nitrogens is 2. The van der Waals surface area contributed by atoms with Gasteiger partial charge in [0, 0.05) is 49.0 Å². The molecule has 11 heteroatoms. The van der Waals surface area contributed by atoms with Gasteiger partial charge in [-0.2, -0.15) is 21.1 Å². The maximum Gasteiger partial charge on any atom is 0.243 e. The van der Waals surface area contributed by atoms with Crippen molar-refractivity contribution in [2.75, 3.05) is 36.2 Å². The van der Waals surface area contributed by atoms with Crippen molar-refractivity contribution in [3.8, 4) is 0 Å². The van der Waals surface area contributed by atoms with Gasteiger partial charge in [-0.25, -0.2) is 17.8 Å². The van der Waals surface area contributed by atoms with Gasteiger partial charge >= 0.3 is 0 Å². The lowest BCUT2D eigenvalue weighted by Gasteiger charge is -2.34. The molecule has 1 saturated carbocycles. The number of thioether (sulfide) groups is 1. The first-order valence-electron chi connectivity index (χ1n) is 12.3. The summed E-state index contributed by atoms with van der Waals surface area (Å²) in [5.41, 5.74) is 1.36. The molecule has 0 atom stereocenters. The van der Waals surface area contributed by atoms with Gasteiger partial charge in [0.1, 0.15) is 11.6 Å². The number of nitrogens with zero attached hydrogens (tertiary/aromatic N) is 3. The summed E-state index contributed by atoms with van der Waals surface area (Å²) in [6, 6.07) is 14.8. The first-order chi connectivity index (χ1) is 17.8. The second-order valence-corrected chi connectivity index (χ2v) is 12.0. The topological polar surface area (TPSA) is 99.3 Å². The van der Waals surface area contributed by atoms with E-state index >= 15 is 0 Å². The number of halogens is 1. The van der Waals surface area contributed by atoms with Crippen molar-refractivity contribution in [1.29, 1.82) is 0 Å². The monoisotopic (exact) mass is 544 g/mol. The molecule has 0 bridgehead atoms. The first-order valence-corrected chi connectivity index (χ1v) is 15.1. The maximum absolute atomic E-state index is 13.3. The van der Waals surface area contributed by atoms with Crippen molar-refractivity contribution < 1.29 is 12.8 Å². The van der Waals surface area contributed by atoms with Crippen LogP contribution >= 0.6 is 11.8 Å². The summed E-state index contributed by atoms with van der Waals surface area (Å²) in [4.78, 5) is 8.90. The van der Waals surface area contributed by atoms with Gasteiger partial charge in [0.05, 0.1) is 4.90 Å². The van der Waals surface area contributed by atoms with E-state index in [0.717, 1.165) is 38.0 Å². The minimum atomic E-state index is -3.60. The molecular weight excluding hydrogens is 511 g/mol. The summed E-state index contributed by atoms with van der Waals surface area (Å²) in [7, 11) is -1.92. The second-order valence-electron chi connectivity index (χ2n) is 9.02. The van der Waals surface area contributed by atoms with Crippen LogP contribution in [0, 0.1) is 5.82 Å². The number of hydrogen-bond donors (Lipinski definition) is 3. The third-order valence-electron chi connectivity index (χ3n) is 6.51. The molecule has 1 aromatic heterocycles. The zero-order valence-electron chi connectivity index (χ0n) is 21.0. The van der Waals surface area contributed by atoms with Crippen molar-refractivity contribution in [2.45, 2.75) is 42.7 Å². The molecule has 0 amide bonds. The van der Waals surface area contributed by atoms with Gasteiger partial charge in [0.2, 0.25) is 16.0 Å². The number of rotatable bonds is 11. The predicted molar refractivity (Wildman–Crippen MR) is 149 cm³/mol. The van der Waals surface area contributed by atoms with E-state index in [9.17, 15) is 12.8 Å². The first kappa shape index (κ1) is 27.3. The summed E-state index contributed by atoms with van der Waals surface area (Å²) >= 11 is 1.82. The lowest BCUT2D eigenvalue weighted by atomic mass is 9.91. The molecular formula is C26H33FN6O2S2. The van der Waals surface area contributed by atoms with Crippen molar-refractivity contribution in [3.05, 3.63) is 66.6 Å². The van der Waals surface area contributed by atoms with Crippen LogP contribution in [0.1, 0.15) is 25.7 Å². The molecule has 1 heterocycles. The van der Waals surface area contributed by atoms with E-state index in [0.29, 0.717) is 29.2 Å². The van der Waals surface area contributed by atoms with Crippen LogP contribution in [0.25, 0.3) is 0 Å². The molecule has 0 aliphatic heterocycles. The fourth-order valence-electron chi connectivity index (χ4n) is 4.38. The van der Waals surface area contributed by atoms with E-state index in [1.807, 2.05) is 11.8 Å². The molecule has 1 aliphatic carbocycles. The fraction of sp³-hybridized carbons (Fsp3) is 0.385. The lowest BCUT2D eigenvalue weighted by Crippen LogP contribution is -2.43.